The van der Waals surface area contributed by atoms with Crippen LogP contribution in [0.25, 0.3) is 4.96 Å². The summed E-state index contributed by atoms with van der Waals surface area (Å²) < 4.78 is 2.15. The molecule has 0 N–H and O–H groups in total. The summed E-state index contributed by atoms with van der Waals surface area (Å²) in [4.78, 5) is 5.57. The Hall–Kier alpha value is -1.27. The van der Waals surface area contributed by atoms with Crippen LogP contribution in [0.5, 0.6) is 0 Å². The van der Waals surface area contributed by atoms with Gasteiger partial charge in [0.05, 0.1) is 16.8 Å². The maximum absolute atomic E-state index is 5.60. The van der Waals surface area contributed by atoms with E-state index in [4.69, 9.17) is 6.42 Å². The second-order valence-electron chi connectivity index (χ2n) is 3.83. The largest absolute Gasteiger partial charge is 0.293 e. The van der Waals surface area contributed by atoms with Crippen molar-refractivity contribution in [2.45, 2.75) is 25.2 Å². The highest BCUT2D eigenvalue weighted by atomic mass is 32.1. The van der Waals surface area contributed by atoms with Gasteiger partial charge in [0.2, 0.25) is 0 Å². The highest BCUT2D eigenvalue weighted by Crippen LogP contribution is 2.48. The standard InChI is InChI=1S/C11H10N2S/c1-3-11(4-5-11)9-8(2)12-10-13(9)6-7-14-10/h1,6-7H,4-5H2,2H3. The van der Waals surface area contributed by atoms with E-state index in [1.807, 2.05) is 6.92 Å². The molecular weight excluding hydrogens is 192 g/mol. The molecule has 2 aromatic heterocycles. The van der Waals surface area contributed by atoms with Gasteiger partial charge in [0.15, 0.2) is 4.96 Å². The summed E-state index contributed by atoms with van der Waals surface area (Å²) in [7, 11) is 0. The summed E-state index contributed by atoms with van der Waals surface area (Å²) in [6, 6.07) is 0. The van der Waals surface area contributed by atoms with Crippen molar-refractivity contribution in [3.8, 4) is 12.3 Å². The van der Waals surface area contributed by atoms with E-state index in [2.05, 4.69) is 26.9 Å². The van der Waals surface area contributed by atoms with E-state index in [-0.39, 0.29) is 5.41 Å². The quantitative estimate of drug-likeness (QED) is 0.649. The van der Waals surface area contributed by atoms with Crippen LogP contribution in [0.1, 0.15) is 24.2 Å². The first kappa shape index (κ1) is 8.07. The number of terminal acetylenes is 1. The van der Waals surface area contributed by atoms with Crippen LogP contribution in [0.2, 0.25) is 0 Å². The van der Waals surface area contributed by atoms with E-state index in [0.29, 0.717) is 0 Å². The van der Waals surface area contributed by atoms with E-state index in [1.54, 1.807) is 11.3 Å². The smallest absolute Gasteiger partial charge is 0.194 e. The fourth-order valence-electron chi connectivity index (χ4n) is 2.05. The average Bonchev–Trinajstić information content (AvgIpc) is 2.71. The van der Waals surface area contributed by atoms with E-state index in [0.717, 1.165) is 23.5 Å². The summed E-state index contributed by atoms with van der Waals surface area (Å²) in [5.74, 6) is 2.92. The van der Waals surface area contributed by atoms with E-state index in [9.17, 15) is 0 Å². The molecule has 1 aliphatic carbocycles. The average molecular weight is 202 g/mol. The summed E-state index contributed by atoms with van der Waals surface area (Å²) in [5, 5.41) is 2.05. The molecule has 0 saturated heterocycles. The molecule has 0 bridgehead atoms. The van der Waals surface area contributed by atoms with Gasteiger partial charge in [-0.05, 0) is 19.8 Å². The van der Waals surface area contributed by atoms with Gasteiger partial charge in [0.1, 0.15) is 0 Å². The zero-order valence-electron chi connectivity index (χ0n) is 7.95. The van der Waals surface area contributed by atoms with Crippen LogP contribution in [-0.4, -0.2) is 9.38 Å². The molecule has 2 nitrogen and oxygen atoms in total. The Labute approximate surface area is 86.6 Å². The van der Waals surface area contributed by atoms with E-state index >= 15 is 0 Å². The van der Waals surface area contributed by atoms with Crippen molar-refractivity contribution < 1.29 is 0 Å². The van der Waals surface area contributed by atoms with Crippen molar-refractivity contribution >= 4 is 16.3 Å². The lowest BCUT2D eigenvalue weighted by Gasteiger charge is -2.06. The molecule has 1 fully saturated rings. The molecule has 70 valence electrons. The monoisotopic (exact) mass is 202 g/mol. The third-order valence-electron chi connectivity index (χ3n) is 2.92. The van der Waals surface area contributed by atoms with Crippen LogP contribution < -0.4 is 0 Å². The van der Waals surface area contributed by atoms with Crippen molar-refractivity contribution in [1.82, 2.24) is 9.38 Å². The molecule has 1 aliphatic rings. The van der Waals surface area contributed by atoms with Crippen molar-refractivity contribution in [2.75, 3.05) is 0 Å². The van der Waals surface area contributed by atoms with Gasteiger partial charge in [-0.2, -0.15) is 0 Å². The fourth-order valence-corrected chi connectivity index (χ4v) is 2.80. The predicted octanol–water partition coefficient (Wildman–Crippen LogP) is 2.37. The molecular formula is C11H10N2S. The Morgan fingerprint density at radius 1 is 1.64 bits per heavy atom. The van der Waals surface area contributed by atoms with E-state index < -0.39 is 0 Å². The third-order valence-corrected chi connectivity index (χ3v) is 3.67. The Bertz CT molecular complexity index is 537. The van der Waals surface area contributed by atoms with Crippen LogP contribution in [0.4, 0.5) is 0 Å². The number of fused-ring (bicyclic) bond motifs is 1. The lowest BCUT2D eigenvalue weighted by molar-refractivity contribution is 0.842. The highest BCUT2D eigenvalue weighted by molar-refractivity contribution is 7.15. The minimum Gasteiger partial charge on any atom is -0.293 e. The van der Waals surface area contributed by atoms with Gasteiger partial charge in [0, 0.05) is 11.6 Å². The summed E-state index contributed by atoms with van der Waals surface area (Å²) in [6.45, 7) is 2.05. The van der Waals surface area contributed by atoms with Crippen molar-refractivity contribution in [3.05, 3.63) is 23.0 Å². The first-order valence-corrected chi connectivity index (χ1v) is 5.55. The minimum atomic E-state index is -0.00935. The molecule has 0 aliphatic heterocycles. The predicted molar refractivity (Wildman–Crippen MR) is 57.6 cm³/mol. The van der Waals surface area contributed by atoms with Gasteiger partial charge in [-0.3, -0.25) is 4.40 Å². The Kier molecular flexibility index (Phi) is 1.38. The highest BCUT2D eigenvalue weighted by Gasteiger charge is 2.46. The first-order chi connectivity index (χ1) is 6.77. The fraction of sp³-hybridized carbons (Fsp3) is 0.364. The normalized spacial score (nSPS) is 18.3. The first-order valence-electron chi connectivity index (χ1n) is 4.67. The number of imidazole rings is 1. The zero-order chi connectivity index (χ0) is 9.76. The molecule has 0 aromatic carbocycles. The molecule has 0 spiro atoms. The van der Waals surface area contributed by atoms with Crippen LogP contribution in [0.15, 0.2) is 11.6 Å². The summed E-state index contributed by atoms with van der Waals surface area (Å²) in [5.41, 5.74) is 2.31. The number of thiazole rings is 1. The molecule has 2 aromatic rings. The SMILES string of the molecule is C#CC1(c2c(C)nc3sccn23)CC1. The number of aromatic nitrogens is 2. The van der Waals surface area contributed by atoms with Crippen LogP contribution in [0, 0.1) is 19.3 Å². The van der Waals surface area contributed by atoms with Gasteiger partial charge in [0.25, 0.3) is 0 Å². The lowest BCUT2D eigenvalue weighted by Crippen LogP contribution is -2.07. The second-order valence-corrected chi connectivity index (χ2v) is 4.70. The van der Waals surface area contributed by atoms with Crippen molar-refractivity contribution in [3.63, 3.8) is 0 Å². The molecule has 2 heterocycles. The molecule has 0 radical (unpaired) electrons. The Morgan fingerprint density at radius 2 is 2.43 bits per heavy atom. The van der Waals surface area contributed by atoms with Gasteiger partial charge < -0.3 is 0 Å². The summed E-state index contributed by atoms with van der Waals surface area (Å²) >= 11 is 1.66. The molecule has 0 amide bonds. The van der Waals surface area contributed by atoms with Crippen LogP contribution >= 0.6 is 11.3 Å². The maximum atomic E-state index is 5.60. The number of hydrogen-bond acceptors (Lipinski definition) is 2. The molecule has 1 saturated carbocycles. The van der Waals surface area contributed by atoms with Crippen LogP contribution in [0.3, 0.4) is 0 Å². The second kappa shape index (κ2) is 2.40. The van der Waals surface area contributed by atoms with Crippen molar-refractivity contribution in [1.29, 1.82) is 0 Å². The van der Waals surface area contributed by atoms with Gasteiger partial charge in [-0.15, -0.1) is 17.8 Å². The number of aryl methyl sites for hydroxylation is 1. The van der Waals surface area contributed by atoms with Crippen LogP contribution in [-0.2, 0) is 5.41 Å². The molecule has 3 rings (SSSR count). The number of hydrogen-bond donors (Lipinski definition) is 0. The number of nitrogens with zero attached hydrogens (tertiary/aromatic N) is 2. The Balaban J connectivity index is 2.34. The zero-order valence-corrected chi connectivity index (χ0v) is 8.77. The molecule has 3 heteroatoms. The van der Waals surface area contributed by atoms with Gasteiger partial charge in [-0.25, -0.2) is 4.98 Å². The van der Waals surface area contributed by atoms with Gasteiger partial charge in [-0.1, -0.05) is 5.92 Å². The topological polar surface area (TPSA) is 17.3 Å². The lowest BCUT2D eigenvalue weighted by atomic mass is 10.0. The third kappa shape index (κ3) is 0.842. The minimum absolute atomic E-state index is 0.00935. The number of rotatable bonds is 1. The van der Waals surface area contributed by atoms with Crippen molar-refractivity contribution in [2.24, 2.45) is 0 Å². The summed E-state index contributed by atoms with van der Waals surface area (Å²) in [6.07, 6.45) is 9.87. The van der Waals surface area contributed by atoms with E-state index in [1.165, 1.54) is 5.69 Å². The maximum Gasteiger partial charge on any atom is 0.194 e. The molecule has 14 heavy (non-hydrogen) atoms. The molecule has 0 unspecified atom stereocenters. The molecule has 0 atom stereocenters. The van der Waals surface area contributed by atoms with Gasteiger partial charge >= 0.3 is 0 Å². The Morgan fingerprint density at radius 3 is 3.07 bits per heavy atom.